The predicted octanol–water partition coefficient (Wildman–Crippen LogP) is 1.56. The van der Waals surface area contributed by atoms with E-state index < -0.39 is 24.0 Å². The van der Waals surface area contributed by atoms with E-state index in [-0.39, 0.29) is 29.8 Å². The third kappa shape index (κ3) is 7.02. The van der Waals surface area contributed by atoms with E-state index in [4.69, 9.17) is 4.74 Å². The fourth-order valence-electron chi connectivity index (χ4n) is 2.36. The minimum absolute atomic E-state index is 0.0144. The van der Waals surface area contributed by atoms with E-state index in [1.807, 2.05) is 20.8 Å². The zero-order valence-corrected chi connectivity index (χ0v) is 16.7. The molecule has 8 heteroatoms. The van der Waals surface area contributed by atoms with Crippen LogP contribution in [0.2, 0.25) is 0 Å². The van der Waals surface area contributed by atoms with E-state index in [9.17, 15) is 19.2 Å². The van der Waals surface area contributed by atoms with Crippen LogP contribution in [0.15, 0.2) is 24.3 Å². The van der Waals surface area contributed by atoms with Crippen molar-refractivity contribution < 1.29 is 23.9 Å². The third-order valence-electron chi connectivity index (χ3n) is 3.98. The number of anilines is 1. The maximum atomic E-state index is 12.1. The number of rotatable bonds is 7. The lowest BCUT2D eigenvalue weighted by molar-refractivity contribution is -0.137. The molecule has 1 aliphatic rings. The molecule has 3 amide bonds. The zero-order valence-electron chi connectivity index (χ0n) is 16.7. The van der Waals surface area contributed by atoms with Crippen LogP contribution in [0.1, 0.15) is 44.0 Å². The number of nitrogens with zero attached hydrogens (tertiary/aromatic N) is 1. The van der Waals surface area contributed by atoms with Crippen LogP contribution in [0.25, 0.3) is 0 Å². The Balaban J connectivity index is 1.78. The van der Waals surface area contributed by atoms with Crippen molar-refractivity contribution in [2.75, 3.05) is 25.5 Å². The van der Waals surface area contributed by atoms with Crippen molar-refractivity contribution in [3.63, 3.8) is 0 Å². The van der Waals surface area contributed by atoms with Crippen molar-refractivity contribution in [1.82, 2.24) is 10.2 Å². The number of esters is 1. The molecule has 0 unspecified atom stereocenters. The molecule has 0 spiro atoms. The van der Waals surface area contributed by atoms with Crippen LogP contribution in [-0.2, 0) is 19.1 Å². The van der Waals surface area contributed by atoms with Crippen LogP contribution in [0.5, 0.6) is 0 Å². The molecule has 0 heterocycles. The van der Waals surface area contributed by atoms with Crippen LogP contribution >= 0.6 is 0 Å². The van der Waals surface area contributed by atoms with Crippen molar-refractivity contribution in [1.29, 1.82) is 0 Å². The SMILES string of the molecule is CN(CC(=O)NC(C)(C)C)C(=O)COC(=O)c1ccc(NC(=O)C2CC2)cc1. The molecule has 1 fully saturated rings. The number of hydrogen-bond donors (Lipinski definition) is 2. The smallest absolute Gasteiger partial charge is 0.338 e. The minimum Gasteiger partial charge on any atom is -0.452 e. The van der Waals surface area contributed by atoms with Gasteiger partial charge in [0, 0.05) is 24.2 Å². The van der Waals surface area contributed by atoms with Crippen molar-refractivity contribution >= 4 is 29.4 Å². The Hall–Kier alpha value is -2.90. The quantitative estimate of drug-likeness (QED) is 0.689. The van der Waals surface area contributed by atoms with E-state index in [1.54, 1.807) is 12.1 Å². The highest BCUT2D eigenvalue weighted by Gasteiger charge is 2.29. The molecule has 1 aromatic rings. The lowest BCUT2D eigenvalue weighted by atomic mass is 10.1. The average Bonchev–Trinajstić information content (AvgIpc) is 3.43. The molecule has 8 nitrogen and oxygen atoms in total. The Morgan fingerprint density at radius 3 is 2.25 bits per heavy atom. The normalized spacial score (nSPS) is 13.4. The summed E-state index contributed by atoms with van der Waals surface area (Å²) in [5.41, 5.74) is 0.483. The first-order valence-electron chi connectivity index (χ1n) is 9.18. The Morgan fingerprint density at radius 1 is 1.11 bits per heavy atom. The molecule has 0 saturated heterocycles. The molecular weight excluding hydrogens is 362 g/mol. The summed E-state index contributed by atoms with van der Waals surface area (Å²) in [6, 6.07) is 6.27. The Morgan fingerprint density at radius 2 is 1.71 bits per heavy atom. The van der Waals surface area contributed by atoms with Crippen LogP contribution < -0.4 is 10.6 Å². The summed E-state index contributed by atoms with van der Waals surface area (Å²) in [6.07, 6.45) is 1.83. The summed E-state index contributed by atoms with van der Waals surface area (Å²) in [5, 5.41) is 5.53. The highest BCUT2D eigenvalue weighted by atomic mass is 16.5. The van der Waals surface area contributed by atoms with Gasteiger partial charge in [0.2, 0.25) is 11.8 Å². The molecule has 0 aromatic heterocycles. The number of benzene rings is 1. The fourth-order valence-corrected chi connectivity index (χ4v) is 2.36. The van der Waals surface area contributed by atoms with Gasteiger partial charge in [0.05, 0.1) is 12.1 Å². The van der Waals surface area contributed by atoms with Crippen LogP contribution in [-0.4, -0.2) is 54.3 Å². The second kappa shape index (κ2) is 8.86. The molecule has 1 aliphatic carbocycles. The summed E-state index contributed by atoms with van der Waals surface area (Å²) in [6.45, 7) is 4.95. The van der Waals surface area contributed by atoms with E-state index >= 15 is 0 Å². The van der Waals surface area contributed by atoms with Crippen LogP contribution in [0, 0.1) is 5.92 Å². The van der Waals surface area contributed by atoms with Gasteiger partial charge in [0.25, 0.3) is 5.91 Å². The summed E-state index contributed by atoms with van der Waals surface area (Å²) in [5.74, 6) is -1.34. The Kier molecular flexibility index (Phi) is 6.77. The van der Waals surface area contributed by atoms with Gasteiger partial charge in [-0.1, -0.05) is 0 Å². The molecule has 1 aromatic carbocycles. The lowest BCUT2D eigenvalue weighted by Gasteiger charge is -2.23. The molecule has 2 N–H and O–H groups in total. The molecule has 0 aliphatic heterocycles. The number of nitrogens with one attached hydrogen (secondary N) is 2. The lowest BCUT2D eigenvalue weighted by Crippen LogP contribution is -2.46. The topological polar surface area (TPSA) is 105 Å². The third-order valence-corrected chi connectivity index (χ3v) is 3.98. The largest absolute Gasteiger partial charge is 0.452 e. The van der Waals surface area contributed by atoms with Gasteiger partial charge in [-0.15, -0.1) is 0 Å². The van der Waals surface area contributed by atoms with Crippen LogP contribution in [0.4, 0.5) is 5.69 Å². The summed E-state index contributed by atoms with van der Waals surface area (Å²) in [7, 11) is 1.47. The van der Waals surface area contributed by atoms with Gasteiger partial charge in [-0.25, -0.2) is 4.79 Å². The number of likely N-dealkylation sites (N-methyl/N-ethyl adjacent to an activating group) is 1. The van der Waals surface area contributed by atoms with E-state index in [2.05, 4.69) is 10.6 Å². The van der Waals surface area contributed by atoms with E-state index in [0.29, 0.717) is 5.69 Å². The monoisotopic (exact) mass is 389 g/mol. The van der Waals surface area contributed by atoms with Gasteiger partial charge in [-0.3, -0.25) is 14.4 Å². The van der Waals surface area contributed by atoms with Crippen molar-refractivity contribution in [3.05, 3.63) is 29.8 Å². The molecule has 152 valence electrons. The molecule has 0 atom stereocenters. The van der Waals surface area contributed by atoms with Gasteiger partial charge in [-0.05, 0) is 57.9 Å². The molecular formula is C20H27N3O5. The van der Waals surface area contributed by atoms with Crippen molar-refractivity contribution in [2.45, 2.75) is 39.2 Å². The van der Waals surface area contributed by atoms with Crippen LogP contribution in [0.3, 0.4) is 0 Å². The number of hydrogen-bond acceptors (Lipinski definition) is 5. The van der Waals surface area contributed by atoms with E-state index in [0.717, 1.165) is 12.8 Å². The van der Waals surface area contributed by atoms with Crippen molar-refractivity contribution in [2.24, 2.45) is 5.92 Å². The molecule has 28 heavy (non-hydrogen) atoms. The highest BCUT2D eigenvalue weighted by molar-refractivity contribution is 5.95. The number of amides is 3. The van der Waals surface area contributed by atoms with Gasteiger partial charge >= 0.3 is 5.97 Å². The first-order chi connectivity index (χ1) is 13.0. The first kappa shape index (κ1) is 21.4. The summed E-state index contributed by atoms with van der Waals surface area (Å²) >= 11 is 0. The van der Waals surface area contributed by atoms with Gasteiger partial charge in [0.15, 0.2) is 6.61 Å². The molecule has 0 bridgehead atoms. The summed E-state index contributed by atoms with van der Waals surface area (Å²) < 4.78 is 5.01. The van der Waals surface area contributed by atoms with Crippen molar-refractivity contribution in [3.8, 4) is 0 Å². The first-order valence-corrected chi connectivity index (χ1v) is 9.18. The van der Waals surface area contributed by atoms with Gasteiger partial charge in [-0.2, -0.15) is 0 Å². The van der Waals surface area contributed by atoms with Gasteiger partial charge in [0.1, 0.15) is 0 Å². The Bertz CT molecular complexity index is 748. The molecule has 0 radical (unpaired) electrons. The standard InChI is InChI=1S/C20H27N3O5/c1-20(2,3)22-16(24)11-23(4)17(25)12-28-19(27)14-7-9-15(10-8-14)21-18(26)13-5-6-13/h7-10,13H,5-6,11-12H2,1-4H3,(H,21,26)(H,22,24). The maximum absolute atomic E-state index is 12.1. The summed E-state index contributed by atoms with van der Waals surface area (Å²) in [4.78, 5) is 48.9. The average molecular weight is 389 g/mol. The number of ether oxygens (including phenoxy) is 1. The highest BCUT2D eigenvalue weighted by Crippen LogP contribution is 2.30. The van der Waals surface area contributed by atoms with Gasteiger partial charge < -0.3 is 20.3 Å². The second-order valence-corrected chi connectivity index (χ2v) is 7.96. The maximum Gasteiger partial charge on any atom is 0.338 e. The second-order valence-electron chi connectivity index (χ2n) is 7.96. The number of carbonyl (C=O) groups excluding carboxylic acids is 4. The fraction of sp³-hybridized carbons (Fsp3) is 0.500. The molecule has 1 saturated carbocycles. The number of carbonyl (C=O) groups is 4. The zero-order chi connectivity index (χ0) is 20.9. The molecule has 2 rings (SSSR count). The Labute approximate surface area is 164 Å². The minimum atomic E-state index is -0.652. The predicted molar refractivity (Wildman–Crippen MR) is 104 cm³/mol. The van der Waals surface area contributed by atoms with E-state index in [1.165, 1.54) is 24.1 Å².